The molecule has 0 saturated carbocycles. The zero-order valence-electron chi connectivity index (χ0n) is 22.0. The van der Waals surface area contributed by atoms with E-state index in [0.717, 1.165) is 4.57 Å². The Morgan fingerprint density at radius 1 is 1.00 bits per heavy atom. The molecule has 2 aromatic rings. The summed E-state index contributed by atoms with van der Waals surface area (Å²) in [5, 5.41) is 24.8. The van der Waals surface area contributed by atoms with E-state index in [9.17, 15) is 19.8 Å². The molecule has 0 aliphatic carbocycles. The van der Waals surface area contributed by atoms with Crippen molar-refractivity contribution in [1.82, 2.24) is 9.55 Å². The molecule has 1 aromatic carbocycles. The number of methoxy groups -OCH3 is 1. The summed E-state index contributed by atoms with van der Waals surface area (Å²) in [6.45, 7) is 2.63. The number of urea groups is 1. The van der Waals surface area contributed by atoms with Gasteiger partial charge in [-0.25, -0.2) is 9.59 Å². The van der Waals surface area contributed by atoms with Crippen molar-refractivity contribution in [3.8, 4) is 11.5 Å². The molecule has 220 valence electrons. The van der Waals surface area contributed by atoms with E-state index in [2.05, 4.69) is 15.6 Å². The van der Waals surface area contributed by atoms with Crippen molar-refractivity contribution in [2.45, 2.75) is 24.5 Å². The van der Waals surface area contributed by atoms with Crippen LogP contribution in [0.1, 0.15) is 6.23 Å². The molecular weight excluding hydrogens is 532 g/mol. The molecule has 2 amide bonds. The second-order valence-corrected chi connectivity index (χ2v) is 8.72. The first-order valence-electron chi connectivity index (χ1n) is 12.8. The third-order valence-electron chi connectivity index (χ3n) is 6.03. The van der Waals surface area contributed by atoms with E-state index in [-0.39, 0.29) is 12.4 Å². The Bertz CT molecular complexity index is 1160. The first kappa shape index (κ1) is 29.7. The number of carbonyl (C=O) groups is 1. The van der Waals surface area contributed by atoms with Gasteiger partial charge in [-0.15, -0.1) is 0 Å². The van der Waals surface area contributed by atoms with Gasteiger partial charge in [0.1, 0.15) is 37.3 Å². The van der Waals surface area contributed by atoms with Crippen LogP contribution >= 0.6 is 0 Å². The molecule has 0 radical (unpaired) electrons. The fourth-order valence-corrected chi connectivity index (χ4v) is 4.08. The van der Waals surface area contributed by atoms with Gasteiger partial charge in [0, 0.05) is 25.1 Å². The number of carbonyl (C=O) groups excluding carboxylic acids is 1. The van der Waals surface area contributed by atoms with Crippen molar-refractivity contribution in [2.75, 3.05) is 77.2 Å². The number of hydrogen-bond donors (Lipinski definition) is 4. The van der Waals surface area contributed by atoms with E-state index in [1.165, 1.54) is 19.4 Å². The molecular formula is C25H34N4O11. The molecule has 3 heterocycles. The maximum absolute atomic E-state index is 12.7. The van der Waals surface area contributed by atoms with Crippen molar-refractivity contribution in [3.05, 3.63) is 40.9 Å². The van der Waals surface area contributed by atoms with Gasteiger partial charge in [-0.3, -0.25) is 9.88 Å². The normalized spacial score (nSPS) is 24.5. The summed E-state index contributed by atoms with van der Waals surface area (Å²) in [6.07, 6.45) is -2.59. The number of ether oxygens (including phenoxy) is 7. The van der Waals surface area contributed by atoms with Gasteiger partial charge in [0.2, 0.25) is 0 Å². The standard InChI is InChI=1S/C25H34N4O11/c1-34-22-21(31)19(15-30)40-23(22)29-5-4-20(28-25(29)33)27-24(32)26-16-2-3-17-18(14-16)39-13-11-37-9-7-35-6-8-36-10-12-38-17/h2-5,14,19,21-23,30-31H,6-13,15H2,1H3,(H2,26,27,28,32,33)/t19-,21-,22-,23-/m1/s1. The Labute approximate surface area is 229 Å². The molecule has 2 aliphatic rings. The zero-order chi connectivity index (χ0) is 28.3. The minimum Gasteiger partial charge on any atom is -0.487 e. The lowest BCUT2D eigenvalue weighted by atomic mass is 10.1. The first-order chi connectivity index (χ1) is 19.5. The number of fused-ring (bicyclic) bond motifs is 1. The number of amides is 2. The highest BCUT2D eigenvalue weighted by molar-refractivity contribution is 5.99. The summed E-state index contributed by atoms with van der Waals surface area (Å²) in [5.74, 6) is 0.865. The van der Waals surface area contributed by atoms with Gasteiger partial charge in [-0.05, 0) is 18.2 Å². The maximum atomic E-state index is 12.7. The Morgan fingerprint density at radius 3 is 2.27 bits per heavy atom. The fraction of sp³-hybridized carbons (Fsp3) is 0.560. The van der Waals surface area contributed by atoms with Crippen molar-refractivity contribution in [3.63, 3.8) is 0 Å². The molecule has 1 saturated heterocycles. The average molecular weight is 567 g/mol. The SMILES string of the molecule is CO[C@@H]1[C@H](O)[C@@H](CO)O[C@H]1n1ccc(NC(=O)Nc2ccc3c(c2)OCCOCCOCCOCCO3)nc1=O. The van der Waals surface area contributed by atoms with Gasteiger partial charge in [0.25, 0.3) is 0 Å². The Hall–Kier alpha value is -3.31. The van der Waals surface area contributed by atoms with E-state index >= 15 is 0 Å². The quantitative estimate of drug-likeness (QED) is 0.380. The van der Waals surface area contributed by atoms with E-state index < -0.39 is 42.9 Å². The molecule has 4 N–H and O–H groups in total. The van der Waals surface area contributed by atoms with Crippen LogP contribution in [0.5, 0.6) is 11.5 Å². The van der Waals surface area contributed by atoms with Crippen LogP contribution in [-0.2, 0) is 23.7 Å². The number of hydrogen-bond acceptors (Lipinski definition) is 12. The van der Waals surface area contributed by atoms with E-state index in [0.29, 0.717) is 63.4 Å². The van der Waals surface area contributed by atoms with Crippen LogP contribution < -0.4 is 25.8 Å². The van der Waals surface area contributed by atoms with E-state index in [1.807, 2.05) is 0 Å². The first-order valence-corrected chi connectivity index (χ1v) is 12.8. The largest absolute Gasteiger partial charge is 0.487 e. The monoisotopic (exact) mass is 566 g/mol. The zero-order valence-corrected chi connectivity index (χ0v) is 22.0. The molecule has 0 bridgehead atoms. The van der Waals surface area contributed by atoms with Crippen LogP contribution in [0.2, 0.25) is 0 Å². The predicted molar refractivity (Wildman–Crippen MR) is 139 cm³/mol. The lowest BCUT2D eigenvalue weighted by Gasteiger charge is -2.20. The van der Waals surface area contributed by atoms with Crippen molar-refractivity contribution in [1.29, 1.82) is 0 Å². The van der Waals surface area contributed by atoms with Gasteiger partial charge in [0.05, 0.1) is 46.2 Å². The number of aliphatic hydroxyl groups is 2. The molecule has 15 nitrogen and oxygen atoms in total. The molecule has 0 unspecified atom stereocenters. The number of benzene rings is 1. The number of aromatic nitrogens is 2. The molecule has 2 aliphatic heterocycles. The van der Waals surface area contributed by atoms with Gasteiger partial charge in [-0.2, -0.15) is 4.98 Å². The minimum atomic E-state index is -1.13. The van der Waals surface area contributed by atoms with Crippen LogP contribution in [0.15, 0.2) is 35.3 Å². The Kier molecular flexibility index (Phi) is 11.1. The Morgan fingerprint density at radius 2 is 1.65 bits per heavy atom. The third-order valence-corrected chi connectivity index (χ3v) is 6.03. The van der Waals surface area contributed by atoms with Gasteiger partial charge in [0.15, 0.2) is 17.7 Å². The van der Waals surface area contributed by atoms with Crippen LogP contribution in [0.4, 0.5) is 16.3 Å². The van der Waals surface area contributed by atoms with Gasteiger partial charge >= 0.3 is 11.7 Å². The maximum Gasteiger partial charge on any atom is 0.351 e. The lowest BCUT2D eigenvalue weighted by Crippen LogP contribution is -2.37. The van der Waals surface area contributed by atoms with E-state index in [4.69, 9.17) is 33.2 Å². The third kappa shape index (κ3) is 7.88. The van der Waals surface area contributed by atoms with Gasteiger partial charge < -0.3 is 48.7 Å². The molecule has 0 spiro atoms. The molecule has 4 atom stereocenters. The molecule has 1 aromatic heterocycles. The second kappa shape index (κ2) is 14.9. The number of rotatable bonds is 5. The Balaban J connectivity index is 1.38. The highest BCUT2D eigenvalue weighted by Gasteiger charge is 2.45. The average Bonchev–Trinajstić information content (AvgIpc) is 3.26. The number of nitrogens with zero attached hydrogens (tertiary/aromatic N) is 2. The van der Waals surface area contributed by atoms with Crippen molar-refractivity contribution < 1.29 is 48.2 Å². The molecule has 15 heteroatoms. The minimum absolute atomic E-state index is 0.0140. The highest BCUT2D eigenvalue weighted by atomic mass is 16.6. The van der Waals surface area contributed by atoms with Crippen molar-refractivity contribution >= 4 is 17.5 Å². The molecule has 1 fully saturated rings. The number of anilines is 2. The smallest absolute Gasteiger partial charge is 0.351 e. The summed E-state index contributed by atoms with van der Waals surface area (Å²) >= 11 is 0. The van der Waals surface area contributed by atoms with Crippen LogP contribution in [0.25, 0.3) is 0 Å². The summed E-state index contributed by atoms with van der Waals surface area (Å²) in [6, 6.07) is 5.65. The van der Waals surface area contributed by atoms with Crippen LogP contribution in [0.3, 0.4) is 0 Å². The van der Waals surface area contributed by atoms with Crippen molar-refractivity contribution in [2.24, 2.45) is 0 Å². The number of aliphatic hydroxyl groups excluding tert-OH is 2. The van der Waals surface area contributed by atoms with Crippen LogP contribution in [0, 0.1) is 0 Å². The lowest BCUT2D eigenvalue weighted by molar-refractivity contribution is -0.0624. The number of nitrogens with one attached hydrogen (secondary N) is 2. The van der Waals surface area contributed by atoms with Gasteiger partial charge in [-0.1, -0.05) is 0 Å². The summed E-state index contributed by atoms with van der Waals surface area (Å²) < 4.78 is 39.8. The summed E-state index contributed by atoms with van der Waals surface area (Å²) in [5.41, 5.74) is -0.344. The van der Waals surface area contributed by atoms with E-state index in [1.54, 1.807) is 18.2 Å². The topological polar surface area (TPSA) is 181 Å². The predicted octanol–water partition coefficient (Wildman–Crippen LogP) is -0.0261. The summed E-state index contributed by atoms with van der Waals surface area (Å²) in [7, 11) is 1.36. The second-order valence-electron chi connectivity index (χ2n) is 8.72. The fourth-order valence-electron chi connectivity index (χ4n) is 4.08. The molecule has 4 rings (SSSR count). The highest BCUT2D eigenvalue weighted by Crippen LogP contribution is 2.31. The molecule has 40 heavy (non-hydrogen) atoms. The summed E-state index contributed by atoms with van der Waals surface area (Å²) in [4.78, 5) is 29.2. The van der Waals surface area contributed by atoms with Crippen LogP contribution in [-0.4, -0.2) is 111 Å².